The summed E-state index contributed by atoms with van der Waals surface area (Å²) in [6.45, 7) is 4.71. The first-order valence-electron chi connectivity index (χ1n) is 8.65. The third-order valence-electron chi connectivity index (χ3n) is 4.97. The predicted octanol–water partition coefficient (Wildman–Crippen LogP) is 0.896. The molecule has 130 valence electrons. The van der Waals surface area contributed by atoms with E-state index in [9.17, 15) is 9.59 Å². The van der Waals surface area contributed by atoms with Crippen molar-refractivity contribution in [2.45, 2.75) is 13.0 Å². The van der Waals surface area contributed by atoms with Gasteiger partial charge in [-0.25, -0.2) is 4.79 Å². The van der Waals surface area contributed by atoms with Crippen molar-refractivity contribution >= 4 is 11.9 Å². The van der Waals surface area contributed by atoms with Gasteiger partial charge in [0.05, 0.1) is 0 Å². The summed E-state index contributed by atoms with van der Waals surface area (Å²) in [7, 11) is 1.76. The molecule has 0 aliphatic carbocycles. The zero-order chi connectivity index (χ0) is 16.9. The van der Waals surface area contributed by atoms with E-state index in [0.717, 1.165) is 31.7 Å². The van der Waals surface area contributed by atoms with Crippen molar-refractivity contribution in [3.8, 4) is 0 Å². The van der Waals surface area contributed by atoms with Crippen LogP contribution in [0.5, 0.6) is 0 Å². The number of hydrogen-bond acceptors (Lipinski definition) is 3. The first-order chi connectivity index (χ1) is 11.6. The Balaban J connectivity index is 1.36. The van der Waals surface area contributed by atoms with E-state index in [1.807, 2.05) is 35.2 Å². The summed E-state index contributed by atoms with van der Waals surface area (Å²) in [6, 6.07) is 9.71. The zero-order valence-corrected chi connectivity index (χ0v) is 14.2. The second-order valence-corrected chi connectivity index (χ2v) is 6.80. The van der Waals surface area contributed by atoms with Gasteiger partial charge in [-0.05, 0) is 17.4 Å². The quantitative estimate of drug-likeness (QED) is 0.843. The fraction of sp³-hybridized carbons (Fsp3) is 0.556. The highest BCUT2D eigenvalue weighted by molar-refractivity contribution is 5.78. The van der Waals surface area contributed by atoms with Crippen LogP contribution in [0.1, 0.15) is 12.0 Å². The maximum atomic E-state index is 12.3. The Morgan fingerprint density at radius 2 is 1.88 bits per heavy atom. The predicted molar refractivity (Wildman–Crippen MR) is 92.4 cm³/mol. The van der Waals surface area contributed by atoms with E-state index in [2.05, 4.69) is 10.6 Å². The van der Waals surface area contributed by atoms with Gasteiger partial charge in [0.25, 0.3) is 0 Å². The molecule has 2 heterocycles. The van der Waals surface area contributed by atoms with Gasteiger partial charge in [0.2, 0.25) is 5.91 Å². The molecule has 1 aromatic carbocycles. The van der Waals surface area contributed by atoms with Gasteiger partial charge in [-0.1, -0.05) is 30.3 Å². The van der Waals surface area contributed by atoms with Crippen LogP contribution in [0.15, 0.2) is 30.3 Å². The fourth-order valence-electron chi connectivity index (χ4n) is 3.56. The van der Waals surface area contributed by atoms with Crippen molar-refractivity contribution < 1.29 is 9.59 Å². The molecule has 0 radical (unpaired) electrons. The Bertz CT molecular complexity index is 566. The summed E-state index contributed by atoms with van der Waals surface area (Å²) < 4.78 is 0. The van der Waals surface area contributed by atoms with Crippen LogP contribution >= 0.6 is 0 Å². The van der Waals surface area contributed by atoms with Gasteiger partial charge in [0.15, 0.2) is 0 Å². The number of amides is 3. The maximum Gasteiger partial charge on any atom is 0.317 e. The van der Waals surface area contributed by atoms with Crippen molar-refractivity contribution in [3.63, 3.8) is 0 Å². The van der Waals surface area contributed by atoms with Gasteiger partial charge >= 0.3 is 6.03 Å². The average molecular weight is 330 g/mol. The topological polar surface area (TPSA) is 64.7 Å². The monoisotopic (exact) mass is 330 g/mol. The van der Waals surface area contributed by atoms with Crippen molar-refractivity contribution in [1.82, 2.24) is 20.4 Å². The van der Waals surface area contributed by atoms with Crippen molar-refractivity contribution in [3.05, 3.63) is 35.9 Å². The largest absolute Gasteiger partial charge is 0.342 e. The molecule has 0 saturated carbocycles. The van der Waals surface area contributed by atoms with E-state index in [4.69, 9.17) is 0 Å². The molecule has 2 saturated heterocycles. The molecule has 6 nitrogen and oxygen atoms in total. The number of fused-ring (bicyclic) bond motifs is 1. The molecule has 2 aliphatic rings. The molecule has 0 unspecified atom stereocenters. The number of nitrogens with one attached hydrogen (secondary N) is 2. The Kier molecular flexibility index (Phi) is 5.35. The Labute approximate surface area is 143 Å². The Hall–Kier alpha value is -2.08. The smallest absolute Gasteiger partial charge is 0.317 e. The number of nitrogens with zero attached hydrogens (tertiary/aromatic N) is 2. The molecule has 0 bridgehead atoms. The van der Waals surface area contributed by atoms with Crippen LogP contribution < -0.4 is 10.6 Å². The first-order valence-corrected chi connectivity index (χ1v) is 8.65. The van der Waals surface area contributed by atoms with Gasteiger partial charge in [0, 0.05) is 52.7 Å². The van der Waals surface area contributed by atoms with Crippen LogP contribution in [0.4, 0.5) is 4.79 Å². The van der Waals surface area contributed by atoms with E-state index >= 15 is 0 Å². The van der Waals surface area contributed by atoms with Crippen molar-refractivity contribution in [2.75, 3.05) is 39.8 Å². The highest BCUT2D eigenvalue weighted by Crippen LogP contribution is 2.26. The lowest BCUT2D eigenvalue weighted by molar-refractivity contribution is -0.130. The van der Waals surface area contributed by atoms with E-state index in [0.29, 0.717) is 31.3 Å². The minimum absolute atomic E-state index is 0.144. The second-order valence-electron chi connectivity index (χ2n) is 6.80. The van der Waals surface area contributed by atoms with Gasteiger partial charge in [-0.15, -0.1) is 0 Å². The number of rotatable bonds is 5. The molecule has 2 N–H and O–H groups in total. The molecule has 3 rings (SSSR count). The lowest BCUT2D eigenvalue weighted by Gasteiger charge is -2.20. The van der Waals surface area contributed by atoms with Crippen LogP contribution in [0.2, 0.25) is 0 Å². The van der Waals surface area contributed by atoms with Crippen molar-refractivity contribution in [2.24, 2.45) is 11.8 Å². The van der Waals surface area contributed by atoms with Gasteiger partial charge < -0.3 is 20.4 Å². The number of hydrogen-bond donors (Lipinski definition) is 2. The molecular formula is C18H26N4O2. The third-order valence-corrected chi connectivity index (χ3v) is 4.97. The van der Waals surface area contributed by atoms with Crippen LogP contribution in [0, 0.1) is 11.8 Å². The third kappa shape index (κ3) is 4.06. The summed E-state index contributed by atoms with van der Waals surface area (Å²) in [4.78, 5) is 27.9. The van der Waals surface area contributed by atoms with Crippen LogP contribution in [0.3, 0.4) is 0 Å². The highest BCUT2D eigenvalue weighted by Gasteiger charge is 2.37. The summed E-state index contributed by atoms with van der Waals surface area (Å²) >= 11 is 0. The second kappa shape index (κ2) is 7.66. The maximum absolute atomic E-state index is 12.3. The summed E-state index contributed by atoms with van der Waals surface area (Å²) in [5.74, 6) is 1.37. The minimum Gasteiger partial charge on any atom is -0.342 e. The van der Waals surface area contributed by atoms with E-state index < -0.39 is 0 Å². The summed E-state index contributed by atoms with van der Waals surface area (Å²) in [5.41, 5.74) is 1.09. The number of benzene rings is 1. The van der Waals surface area contributed by atoms with E-state index in [1.54, 1.807) is 11.9 Å². The lowest BCUT2D eigenvalue weighted by Crippen LogP contribution is -2.39. The molecule has 2 aliphatic heterocycles. The van der Waals surface area contributed by atoms with E-state index in [-0.39, 0.29) is 11.9 Å². The summed E-state index contributed by atoms with van der Waals surface area (Å²) in [6.07, 6.45) is 0.373. The molecule has 2 atom stereocenters. The Morgan fingerprint density at radius 3 is 2.54 bits per heavy atom. The average Bonchev–Trinajstić information content (AvgIpc) is 3.17. The lowest BCUT2D eigenvalue weighted by atomic mass is 10.0. The fourth-order valence-corrected chi connectivity index (χ4v) is 3.56. The molecule has 3 amide bonds. The molecule has 6 heteroatoms. The van der Waals surface area contributed by atoms with Gasteiger partial charge in [0.1, 0.15) is 0 Å². The first kappa shape index (κ1) is 16.8. The van der Waals surface area contributed by atoms with Crippen LogP contribution in [-0.4, -0.2) is 61.5 Å². The van der Waals surface area contributed by atoms with Crippen LogP contribution in [0.25, 0.3) is 0 Å². The van der Waals surface area contributed by atoms with Crippen LogP contribution in [-0.2, 0) is 11.3 Å². The SMILES string of the molecule is CN(Cc1ccccc1)C(=O)NCCC(=O)N1C[C@H]2CNC[C@H]2C1. The number of carbonyl (C=O) groups excluding carboxylic acids is 2. The standard InChI is InChI=1S/C18H26N4O2/c1-21(11-14-5-3-2-4-6-14)18(24)20-8-7-17(23)22-12-15-9-19-10-16(15)13-22/h2-6,15-16,19H,7-13H2,1H3,(H,20,24)/t15-,16+. The minimum atomic E-state index is -0.144. The molecule has 24 heavy (non-hydrogen) atoms. The molecule has 1 aromatic rings. The summed E-state index contributed by atoms with van der Waals surface area (Å²) in [5, 5.41) is 6.21. The molecule has 0 spiro atoms. The normalized spacial score (nSPS) is 22.3. The number of urea groups is 1. The highest BCUT2D eigenvalue weighted by atomic mass is 16.2. The van der Waals surface area contributed by atoms with Crippen molar-refractivity contribution in [1.29, 1.82) is 0 Å². The van der Waals surface area contributed by atoms with Gasteiger partial charge in [-0.3, -0.25) is 4.79 Å². The molecule has 0 aromatic heterocycles. The molecule has 2 fully saturated rings. The van der Waals surface area contributed by atoms with Gasteiger partial charge in [-0.2, -0.15) is 0 Å². The van der Waals surface area contributed by atoms with E-state index in [1.165, 1.54) is 0 Å². The number of carbonyl (C=O) groups is 2. The molecular weight excluding hydrogens is 304 g/mol. The number of likely N-dealkylation sites (tertiary alicyclic amines) is 1. The Morgan fingerprint density at radius 1 is 1.21 bits per heavy atom. The zero-order valence-electron chi connectivity index (χ0n) is 14.2.